The molecular formula is C14H23NO5S. The van der Waals surface area contributed by atoms with E-state index in [4.69, 9.17) is 14.6 Å². The van der Waals surface area contributed by atoms with Gasteiger partial charge in [0.2, 0.25) is 10.0 Å². The van der Waals surface area contributed by atoms with Gasteiger partial charge in [-0.1, -0.05) is 0 Å². The summed E-state index contributed by atoms with van der Waals surface area (Å²) in [5.74, 6) is 0.751. The van der Waals surface area contributed by atoms with Gasteiger partial charge in [-0.15, -0.1) is 0 Å². The van der Waals surface area contributed by atoms with Gasteiger partial charge in [-0.3, -0.25) is 0 Å². The second-order valence-corrected chi connectivity index (χ2v) is 6.64. The lowest BCUT2D eigenvalue weighted by Crippen LogP contribution is -2.28. The molecule has 1 aromatic rings. The second-order valence-electron chi connectivity index (χ2n) is 4.63. The third-order valence-electron chi connectivity index (χ3n) is 3.19. The Bertz CT molecular complexity index is 544. The lowest BCUT2D eigenvalue weighted by molar-refractivity contribution is 0.281. The number of sulfonamides is 1. The zero-order valence-corrected chi connectivity index (χ0v) is 13.5. The molecule has 0 aliphatic heterocycles. The molecule has 6 nitrogen and oxygen atoms in total. The van der Waals surface area contributed by atoms with Gasteiger partial charge in [0, 0.05) is 26.3 Å². The number of ether oxygens (including phenoxy) is 2. The summed E-state index contributed by atoms with van der Waals surface area (Å²) in [7, 11) is 0.815. The Labute approximate surface area is 126 Å². The maximum atomic E-state index is 12.6. The molecule has 0 spiro atoms. The molecule has 0 radical (unpaired) electrons. The Kier molecular flexibility index (Phi) is 6.94. The van der Waals surface area contributed by atoms with E-state index < -0.39 is 10.0 Å². The first-order valence-electron chi connectivity index (χ1n) is 6.76. The molecule has 21 heavy (non-hydrogen) atoms. The normalized spacial score (nSPS) is 11.7. The fourth-order valence-corrected chi connectivity index (χ4v) is 3.27. The molecule has 1 rings (SSSR count). The second kappa shape index (κ2) is 8.21. The van der Waals surface area contributed by atoms with Gasteiger partial charge in [-0.2, -0.15) is 0 Å². The summed E-state index contributed by atoms with van der Waals surface area (Å²) in [5.41, 5.74) is 0. The molecular weight excluding hydrogens is 294 g/mol. The minimum absolute atomic E-state index is 0.0917. The zero-order chi connectivity index (χ0) is 15.9. The number of nitrogens with zero attached hydrogens (tertiary/aromatic N) is 1. The predicted molar refractivity (Wildman–Crippen MR) is 80.3 cm³/mol. The van der Waals surface area contributed by atoms with E-state index in [1.807, 2.05) is 0 Å². The number of rotatable bonds is 9. The molecule has 0 heterocycles. The molecule has 7 heteroatoms. The Morgan fingerprint density at radius 2 is 1.86 bits per heavy atom. The van der Waals surface area contributed by atoms with Crippen LogP contribution in [-0.2, 0) is 10.0 Å². The van der Waals surface area contributed by atoms with Crippen molar-refractivity contribution >= 4 is 10.0 Å². The highest BCUT2D eigenvalue weighted by Crippen LogP contribution is 2.30. The molecule has 0 saturated carbocycles. The largest absolute Gasteiger partial charge is 0.497 e. The van der Waals surface area contributed by atoms with Crippen molar-refractivity contribution in [2.24, 2.45) is 0 Å². The lowest BCUT2D eigenvalue weighted by Gasteiger charge is -2.19. The molecule has 0 atom stereocenters. The van der Waals surface area contributed by atoms with Crippen LogP contribution in [0, 0.1) is 0 Å². The van der Waals surface area contributed by atoms with Crippen molar-refractivity contribution in [3.05, 3.63) is 18.2 Å². The number of aliphatic hydroxyl groups excluding tert-OH is 1. The molecule has 0 saturated heterocycles. The third-order valence-corrected chi connectivity index (χ3v) is 5.07. The van der Waals surface area contributed by atoms with Gasteiger partial charge in [0.25, 0.3) is 0 Å². The molecule has 0 unspecified atom stereocenters. The Morgan fingerprint density at radius 3 is 2.43 bits per heavy atom. The molecule has 120 valence electrons. The highest BCUT2D eigenvalue weighted by atomic mass is 32.2. The van der Waals surface area contributed by atoms with E-state index in [2.05, 4.69) is 0 Å². The number of hydrogen-bond acceptors (Lipinski definition) is 5. The van der Waals surface area contributed by atoms with E-state index in [9.17, 15) is 8.42 Å². The van der Waals surface area contributed by atoms with E-state index in [1.165, 1.54) is 31.6 Å². The average Bonchev–Trinajstić information content (AvgIpc) is 2.50. The molecule has 0 aliphatic carbocycles. The van der Waals surface area contributed by atoms with Crippen LogP contribution >= 0.6 is 0 Å². The van der Waals surface area contributed by atoms with Crippen molar-refractivity contribution in [3.63, 3.8) is 0 Å². The lowest BCUT2D eigenvalue weighted by atomic mass is 10.2. The van der Waals surface area contributed by atoms with E-state index in [0.717, 1.165) is 6.42 Å². The summed E-state index contributed by atoms with van der Waals surface area (Å²) < 4.78 is 36.7. The van der Waals surface area contributed by atoms with Gasteiger partial charge in [0.15, 0.2) is 0 Å². The van der Waals surface area contributed by atoms with E-state index in [0.29, 0.717) is 25.1 Å². The minimum atomic E-state index is -3.64. The Hall–Kier alpha value is -1.31. The SMILES string of the molecule is COc1ccc(OC)c(S(=O)(=O)N(C)CCCCCO)c1. The maximum Gasteiger partial charge on any atom is 0.246 e. The molecule has 1 N–H and O–H groups in total. The van der Waals surface area contributed by atoms with E-state index in [1.54, 1.807) is 12.1 Å². The minimum Gasteiger partial charge on any atom is -0.497 e. The van der Waals surface area contributed by atoms with Crippen LogP contribution in [0.5, 0.6) is 11.5 Å². The molecule has 0 fully saturated rings. The third kappa shape index (κ3) is 4.59. The number of benzene rings is 1. The Morgan fingerprint density at radius 1 is 1.14 bits per heavy atom. The number of hydrogen-bond donors (Lipinski definition) is 1. The summed E-state index contributed by atoms with van der Waals surface area (Å²) in [6, 6.07) is 4.68. The highest BCUT2D eigenvalue weighted by molar-refractivity contribution is 7.89. The van der Waals surface area contributed by atoms with Crippen molar-refractivity contribution < 1.29 is 23.0 Å². The van der Waals surface area contributed by atoms with Crippen molar-refractivity contribution in [1.29, 1.82) is 0 Å². The van der Waals surface area contributed by atoms with Crippen LogP contribution in [0.3, 0.4) is 0 Å². The predicted octanol–water partition coefficient (Wildman–Crippen LogP) is 1.49. The first-order valence-corrected chi connectivity index (χ1v) is 8.20. The Balaban J connectivity index is 2.95. The number of methoxy groups -OCH3 is 2. The quantitative estimate of drug-likeness (QED) is 0.698. The van der Waals surface area contributed by atoms with Gasteiger partial charge in [-0.25, -0.2) is 12.7 Å². The monoisotopic (exact) mass is 317 g/mol. The van der Waals surface area contributed by atoms with Crippen LogP contribution in [0.2, 0.25) is 0 Å². The summed E-state index contributed by atoms with van der Waals surface area (Å²) in [6.07, 6.45) is 2.16. The van der Waals surface area contributed by atoms with Gasteiger partial charge in [0.05, 0.1) is 14.2 Å². The van der Waals surface area contributed by atoms with Crippen LogP contribution in [0.1, 0.15) is 19.3 Å². The first kappa shape index (κ1) is 17.7. The van der Waals surface area contributed by atoms with Gasteiger partial charge in [-0.05, 0) is 31.4 Å². The van der Waals surface area contributed by atoms with Crippen LogP contribution in [-0.4, -0.2) is 52.2 Å². The average molecular weight is 317 g/mol. The smallest absolute Gasteiger partial charge is 0.246 e. The van der Waals surface area contributed by atoms with Gasteiger partial charge >= 0.3 is 0 Å². The molecule has 0 aromatic heterocycles. The van der Waals surface area contributed by atoms with E-state index >= 15 is 0 Å². The van der Waals surface area contributed by atoms with Gasteiger partial charge in [0.1, 0.15) is 16.4 Å². The summed E-state index contributed by atoms with van der Waals surface area (Å²) in [5, 5.41) is 8.73. The summed E-state index contributed by atoms with van der Waals surface area (Å²) in [4.78, 5) is 0.0917. The van der Waals surface area contributed by atoms with Gasteiger partial charge < -0.3 is 14.6 Å². The zero-order valence-electron chi connectivity index (χ0n) is 12.7. The molecule has 0 bridgehead atoms. The molecule has 0 amide bonds. The fourth-order valence-electron chi connectivity index (χ4n) is 1.90. The summed E-state index contributed by atoms with van der Waals surface area (Å²) in [6.45, 7) is 0.517. The topological polar surface area (TPSA) is 76.1 Å². The summed E-state index contributed by atoms with van der Waals surface area (Å²) >= 11 is 0. The van der Waals surface area contributed by atoms with Crippen molar-refractivity contribution in [3.8, 4) is 11.5 Å². The maximum absolute atomic E-state index is 12.6. The van der Waals surface area contributed by atoms with Crippen LogP contribution < -0.4 is 9.47 Å². The number of unbranched alkanes of at least 4 members (excludes halogenated alkanes) is 2. The first-order chi connectivity index (χ1) is 9.97. The van der Waals surface area contributed by atoms with Crippen molar-refractivity contribution in [2.75, 3.05) is 34.4 Å². The molecule has 1 aromatic carbocycles. The van der Waals surface area contributed by atoms with Crippen LogP contribution in [0.4, 0.5) is 0 Å². The number of aliphatic hydroxyl groups is 1. The van der Waals surface area contributed by atoms with Crippen molar-refractivity contribution in [1.82, 2.24) is 4.31 Å². The standard InChI is InChI=1S/C14H23NO5S/c1-15(9-5-4-6-10-16)21(17,18)14-11-12(19-2)7-8-13(14)20-3/h7-8,11,16H,4-6,9-10H2,1-3H3. The highest BCUT2D eigenvalue weighted by Gasteiger charge is 2.25. The van der Waals surface area contributed by atoms with Crippen LogP contribution in [0.25, 0.3) is 0 Å². The fraction of sp³-hybridized carbons (Fsp3) is 0.571. The molecule has 0 aliphatic rings. The van der Waals surface area contributed by atoms with E-state index in [-0.39, 0.29) is 17.3 Å². The van der Waals surface area contributed by atoms with Crippen molar-refractivity contribution in [2.45, 2.75) is 24.2 Å². The van der Waals surface area contributed by atoms with Crippen LogP contribution in [0.15, 0.2) is 23.1 Å².